The second-order valence-electron chi connectivity index (χ2n) is 6.26. The van der Waals surface area contributed by atoms with Crippen LogP contribution >= 0.6 is 0 Å². The summed E-state index contributed by atoms with van der Waals surface area (Å²) in [6.07, 6.45) is 0.0282. The monoisotopic (exact) mass is 325 g/mol. The number of sulfone groups is 1. The Balaban J connectivity index is 2.09. The highest BCUT2D eigenvalue weighted by Crippen LogP contribution is 2.28. The van der Waals surface area contributed by atoms with Crippen LogP contribution in [0.25, 0.3) is 0 Å². The van der Waals surface area contributed by atoms with E-state index in [0.717, 1.165) is 6.54 Å². The molecule has 0 saturated carbocycles. The summed E-state index contributed by atoms with van der Waals surface area (Å²) in [5, 5.41) is 0. The van der Waals surface area contributed by atoms with E-state index in [2.05, 4.69) is 43.9 Å². The molecule has 2 atom stereocenters. The third kappa shape index (κ3) is 4.31. The molecule has 1 fully saturated rings. The molecule has 0 N–H and O–H groups in total. The van der Waals surface area contributed by atoms with Crippen molar-refractivity contribution in [3.8, 4) is 0 Å². The van der Waals surface area contributed by atoms with Crippen LogP contribution in [0.3, 0.4) is 0 Å². The van der Waals surface area contributed by atoms with Crippen molar-refractivity contribution in [2.24, 2.45) is 0 Å². The van der Waals surface area contributed by atoms with Crippen molar-refractivity contribution < 1.29 is 13.2 Å². The van der Waals surface area contributed by atoms with Gasteiger partial charge in [0, 0.05) is 24.9 Å². The SMILES string of the molecule is CCS(=O)(=O)CCN1C[C@@H](c2cc(C)ccc2C)OC[C@H]1C. The lowest BCUT2D eigenvalue weighted by Crippen LogP contribution is -2.47. The fourth-order valence-electron chi connectivity index (χ4n) is 2.81. The third-order valence-corrected chi connectivity index (χ3v) is 6.16. The molecule has 0 radical (unpaired) electrons. The van der Waals surface area contributed by atoms with Gasteiger partial charge >= 0.3 is 0 Å². The van der Waals surface area contributed by atoms with Crippen LogP contribution in [0.4, 0.5) is 0 Å². The third-order valence-electron chi connectivity index (χ3n) is 4.47. The highest BCUT2D eigenvalue weighted by atomic mass is 32.2. The van der Waals surface area contributed by atoms with E-state index in [1.165, 1.54) is 16.7 Å². The molecule has 0 bridgehead atoms. The Kier molecular flexibility index (Phi) is 5.64. The molecule has 1 aromatic carbocycles. The van der Waals surface area contributed by atoms with Gasteiger partial charge in [0.25, 0.3) is 0 Å². The van der Waals surface area contributed by atoms with Crippen molar-refractivity contribution >= 4 is 9.84 Å². The van der Waals surface area contributed by atoms with E-state index in [-0.39, 0.29) is 23.7 Å². The second-order valence-corrected chi connectivity index (χ2v) is 8.74. The fourth-order valence-corrected chi connectivity index (χ4v) is 3.62. The summed E-state index contributed by atoms with van der Waals surface area (Å²) in [7, 11) is -2.92. The number of ether oxygens (including phenoxy) is 1. The first kappa shape index (κ1) is 17.4. The van der Waals surface area contributed by atoms with Crippen molar-refractivity contribution in [3.63, 3.8) is 0 Å². The minimum Gasteiger partial charge on any atom is -0.371 e. The molecular weight excluding hydrogens is 298 g/mol. The first-order valence-electron chi connectivity index (χ1n) is 7.95. The van der Waals surface area contributed by atoms with Crippen LogP contribution in [0.1, 0.15) is 36.6 Å². The molecule has 2 rings (SSSR count). The van der Waals surface area contributed by atoms with Gasteiger partial charge in [-0.05, 0) is 31.9 Å². The molecule has 4 nitrogen and oxygen atoms in total. The Morgan fingerprint density at radius 1 is 1.32 bits per heavy atom. The van der Waals surface area contributed by atoms with Gasteiger partial charge in [0.05, 0.1) is 18.5 Å². The summed E-state index contributed by atoms with van der Waals surface area (Å²) in [5.74, 6) is 0.444. The molecule has 1 saturated heterocycles. The van der Waals surface area contributed by atoms with E-state index in [4.69, 9.17) is 4.74 Å². The van der Waals surface area contributed by atoms with E-state index in [0.29, 0.717) is 13.2 Å². The second kappa shape index (κ2) is 7.11. The Hall–Kier alpha value is -0.910. The zero-order chi connectivity index (χ0) is 16.3. The highest BCUT2D eigenvalue weighted by molar-refractivity contribution is 7.91. The van der Waals surface area contributed by atoms with Crippen molar-refractivity contribution in [1.29, 1.82) is 0 Å². The van der Waals surface area contributed by atoms with Crippen molar-refractivity contribution in [1.82, 2.24) is 4.90 Å². The van der Waals surface area contributed by atoms with Crippen LogP contribution in [0, 0.1) is 13.8 Å². The predicted molar refractivity (Wildman–Crippen MR) is 90.0 cm³/mol. The molecule has 1 aliphatic rings. The lowest BCUT2D eigenvalue weighted by Gasteiger charge is -2.38. The Labute approximate surface area is 134 Å². The number of morpholine rings is 1. The van der Waals surface area contributed by atoms with Gasteiger partial charge in [-0.3, -0.25) is 4.90 Å². The molecule has 22 heavy (non-hydrogen) atoms. The smallest absolute Gasteiger partial charge is 0.151 e. The molecule has 0 unspecified atom stereocenters. The first-order chi connectivity index (χ1) is 10.3. The maximum absolute atomic E-state index is 11.7. The molecule has 1 heterocycles. The number of benzene rings is 1. The van der Waals surface area contributed by atoms with Gasteiger partial charge in [0.2, 0.25) is 0 Å². The summed E-state index contributed by atoms with van der Waals surface area (Å²) in [6, 6.07) is 6.67. The average molecular weight is 325 g/mol. The van der Waals surface area contributed by atoms with E-state index >= 15 is 0 Å². The summed E-state index contributed by atoms with van der Waals surface area (Å²) in [4.78, 5) is 2.24. The minimum atomic E-state index is -2.92. The molecule has 5 heteroatoms. The molecular formula is C17H27NO3S. The van der Waals surface area contributed by atoms with Crippen LogP contribution in [-0.2, 0) is 14.6 Å². The Bertz CT molecular complexity index is 612. The van der Waals surface area contributed by atoms with Crippen molar-refractivity contribution in [3.05, 3.63) is 34.9 Å². The van der Waals surface area contributed by atoms with Gasteiger partial charge in [0.15, 0.2) is 9.84 Å². The van der Waals surface area contributed by atoms with E-state index < -0.39 is 9.84 Å². The largest absolute Gasteiger partial charge is 0.371 e. The molecule has 1 aromatic rings. The maximum Gasteiger partial charge on any atom is 0.151 e. The lowest BCUT2D eigenvalue weighted by molar-refractivity contribution is -0.0580. The van der Waals surface area contributed by atoms with Gasteiger partial charge in [-0.25, -0.2) is 8.42 Å². The highest BCUT2D eigenvalue weighted by Gasteiger charge is 2.28. The molecule has 0 aliphatic carbocycles. The average Bonchev–Trinajstić information content (AvgIpc) is 2.49. The number of hydrogen-bond donors (Lipinski definition) is 0. The maximum atomic E-state index is 11.7. The quantitative estimate of drug-likeness (QED) is 0.834. The van der Waals surface area contributed by atoms with Crippen LogP contribution in [0.15, 0.2) is 18.2 Å². The van der Waals surface area contributed by atoms with E-state index in [1.807, 2.05) is 0 Å². The van der Waals surface area contributed by atoms with Crippen LogP contribution in [-0.4, -0.2) is 50.6 Å². The molecule has 1 aliphatic heterocycles. The topological polar surface area (TPSA) is 46.6 Å². The molecule has 124 valence electrons. The van der Waals surface area contributed by atoms with Gasteiger partial charge in [-0.15, -0.1) is 0 Å². The normalized spacial score (nSPS) is 23.6. The zero-order valence-corrected chi connectivity index (χ0v) is 14.8. The van der Waals surface area contributed by atoms with Crippen LogP contribution in [0.5, 0.6) is 0 Å². The zero-order valence-electron chi connectivity index (χ0n) is 14.0. The van der Waals surface area contributed by atoms with Crippen LogP contribution in [0.2, 0.25) is 0 Å². The van der Waals surface area contributed by atoms with E-state index in [1.54, 1.807) is 6.92 Å². The van der Waals surface area contributed by atoms with Crippen molar-refractivity contribution in [2.45, 2.75) is 39.8 Å². The molecule has 0 amide bonds. The summed E-state index contributed by atoms with van der Waals surface area (Å²) < 4.78 is 29.5. The van der Waals surface area contributed by atoms with Crippen molar-refractivity contribution in [2.75, 3.05) is 31.2 Å². The van der Waals surface area contributed by atoms with Crippen LogP contribution < -0.4 is 0 Å². The van der Waals surface area contributed by atoms with Gasteiger partial charge in [-0.1, -0.05) is 30.7 Å². The number of hydrogen-bond acceptors (Lipinski definition) is 4. The standard InChI is InChI=1S/C17H27NO3S/c1-5-22(19,20)9-8-18-11-17(21-12-15(18)4)16-10-13(2)6-7-14(16)3/h6-7,10,15,17H,5,8-9,11-12H2,1-4H3/t15-,17+/m1/s1. The summed E-state index contributed by atoms with van der Waals surface area (Å²) in [6.45, 7) is 9.97. The number of aryl methyl sites for hydroxylation is 2. The number of rotatable bonds is 5. The lowest BCUT2D eigenvalue weighted by atomic mass is 9.99. The van der Waals surface area contributed by atoms with Gasteiger partial charge in [-0.2, -0.15) is 0 Å². The van der Waals surface area contributed by atoms with Gasteiger partial charge in [0.1, 0.15) is 0 Å². The van der Waals surface area contributed by atoms with E-state index in [9.17, 15) is 8.42 Å². The Morgan fingerprint density at radius 3 is 2.73 bits per heavy atom. The fraction of sp³-hybridized carbons (Fsp3) is 0.647. The molecule has 0 aromatic heterocycles. The van der Waals surface area contributed by atoms with Gasteiger partial charge < -0.3 is 4.74 Å². The predicted octanol–water partition coefficient (Wildman–Crippen LogP) is 2.50. The summed E-state index contributed by atoms with van der Waals surface area (Å²) in [5.41, 5.74) is 3.67. The minimum absolute atomic E-state index is 0.0282. The number of nitrogens with zero attached hydrogens (tertiary/aromatic N) is 1. The Morgan fingerprint density at radius 2 is 2.05 bits per heavy atom. The molecule has 0 spiro atoms. The summed E-state index contributed by atoms with van der Waals surface area (Å²) >= 11 is 0. The first-order valence-corrected chi connectivity index (χ1v) is 9.77.